The number of carbonyl (C=O) groups excluding carboxylic acids is 1. The Morgan fingerprint density at radius 3 is 2.68 bits per heavy atom. The average Bonchev–Trinajstić information content (AvgIpc) is 2.84. The van der Waals surface area contributed by atoms with E-state index in [4.69, 9.17) is 10.5 Å². The zero-order valence-electron chi connectivity index (χ0n) is 11.0. The van der Waals surface area contributed by atoms with Gasteiger partial charge in [-0.2, -0.15) is 0 Å². The van der Waals surface area contributed by atoms with Crippen LogP contribution in [0.5, 0.6) is 0 Å². The second kappa shape index (κ2) is 6.20. The van der Waals surface area contributed by atoms with Gasteiger partial charge in [-0.05, 0) is 19.0 Å². The summed E-state index contributed by atoms with van der Waals surface area (Å²) in [5, 5.41) is 0. The molecule has 0 unspecified atom stereocenters. The lowest BCUT2D eigenvalue weighted by atomic mass is 10.0. The molecule has 0 aliphatic carbocycles. The van der Waals surface area contributed by atoms with E-state index in [-0.39, 0.29) is 5.97 Å². The van der Waals surface area contributed by atoms with Gasteiger partial charge in [0.1, 0.15) is 0 Å². The van der Waals surface area contributed by atoms with Crippen LogP contribution in [-0.2, 0) is 11.2 Å². The number of benzene rings is 1. The second-order valence-corrected chi connectivity index (χ2v) is 4.18. The SMILES string of the molecule is CCOC(=O)c1c(-c2ccccc2)c[nH]c1CCN. The Balaban J connectivity index is 2.46. The molecule has 0 aliphatic rings. The van der Waals surface area contributed by atoms with Crippen molar-refractivity contribution in [1.29, 1.82) is 0 Å². The molecular formula is C15H18N2O2. The van der Waals surface area contributed by atoms with E-state index in [9.17, 15) is 4.79 Å². The smallest absolute Gasteiger partial charge is 0.340 e. The van der Waals surface area contributed by atoms with Crippen LogP contribution in [0.15, 0.2) is 36.5 Å². The Morgan fingerprint density at radius 1 is 1.32 bits per heavy atom. The van der Waals surface area contributed by atoms with Crippen molar-refractivity contribution in [2.45, 2.75) is 13.3 Å². The zero-order valence-corrected chi connectivity index (χ0v) is 11.0. The van der Waals surface area contributed by atoms with Crippen molar-refractivity contribution in [2.75, 3.05) is 13.2 Å². The number of ether oxygens (including phenoxy) is 1. The van der Waals surface area contributed by atoms with Crippen molar-refractivity contribution in [3.05, 3.63) is 47.8 Å². The fourth-order valence-electron chi connectivity index (χ4n) is 2.09. The molecule has 0 amide bonds. The van der Waals surface area contributed by atoms with Crippen LogP contribution in [0.3, 0.4) is 0 Å². The summed E-state index contributed by atoms with van der Waals surface area (Å²) in [6.07, 6.45) is 2.47. The lowest BCUT2D eigenvalue weighted by Gasteiger charge is -2.06. The Morgan fingerprint density at radius 2 is 2.05 bits per heavy atom. The number of rotatable bonds is 5. The third kappa shape index (κ3) is 2.85. The molecule has 3 N–H and O–H groups in total. The number of H-pyrrole nitrogens is 1. The quantitative estimate of drug-likeness (QED) is 0.809. The number of aromatic amines is 1. The maximum absolute atomic E-state index is 12.1. The van der Waals surface area contributed by atoms with Crippen molar-refractivity contribution < 1.29 is 9.53 Å². The van der Waals surface area contributed by atoms with E-state index in [1.807, 2.05) is 36.5 Å². The summed E-state index contributed by atoms with van der Waals surface area (Å²) in [6, 6.07) is 9.77. The Hall–Kier alpha value is -2.07. The summed E-state index contributed by atoms with van der Waals surface area (Å²) in [5.74, 6) is -0.300. The van der Waals surface area contributed by atoms with Gasteiger partial charge in [-0.25, -0.2) is 4.79 Å². The Kier molecular flexibility index (Phi) is 4.36. The molecule has 1 aromatic carbocycles. The minimum Gasteiger partial charge on any atom is -0.462 e. The van der Waals surface area contributed by atoms with E-state index in [0.29, 0.717) is 25.1 Å². The van der Waals surface area contributed by atoms with Crippen molar-refractivity contribution in [2.24, 2.45) is 5.73 Å². The van der Waals surface area contributed by atoms with Gasteiger partial charge in [0.2, 0.25) is 0 Å². The molecule has 0 radical (unpaired) electrons. The minimum absolute atomic E-state index is 0.300. The molecule has 0 fully saturated rings. The molecule has 100 valence electrons. The molecule has 0 bridgehead atoms. The van der Waals surface area contributed by atoms with Gasteiger partial charge in [0.15, 0.2) is 0 Å². The van der Waals surface area contributed by atoms with Gasteiger partial charge in [0.25, 0.3) is 0 Å². The van der Waals surface area contributed by atoms with Gasteiger partial charge in [-0.3, -0.25) is 0 Å². The van der Waals surface area contributed by atoms with Crippen LogP contribution in [0.25, 0.3) is 11.1 Å². The van der Waals surface area contributed by atoms with Crippen LogP contribution in [0, 0.1) is 0 Å². The van der Waals surface area contributed by atoms with E-state index in [1.54, 1.807) is 6.92 Å². The van der Waals surface area contributed by atoms with Gasteiger partial charge >= 0.3 is 5.97 Å². The Bertz CT molecular complexity index is 547. The fourth-order valence-corrected chi connectivity index (χ4v) is 2.09. The molecular weight excluding hydrogens is 240 g/mol. The van der Waals surface area contributed by atoms with Crippen LogP contribution in [-0.4, -0.2) is 24.1 Å². The second-order valence-electron chi connectivity index (χ2n) is 4.18. The van der Waals surface area contributed by atoms with Crippen molar-refractivity contribution >= 4 is 5.97 Å². The summed E-state index contributed by atoms with van der Waals surface area (Å²) in [6.45, 7) is 2.65. The van der Waals surface area contributed by atoms with E-state index >= 15 is 0 Å². The molecule has 19 heavy (non-hydrogen) atoms. The average molecular weight is 258 g/mol. The number of hydrogen-bond donors (Lipinski definition) is 2. The van der Waals surface area contributed by atoms with Gasteiger partial charge < -0.3 is 15.5 Å². The van der Waals surface area contributed by atoms with Gasteiger partial charge in [0.05, 0.1) is 12.2 Å². The third-order valence-electron chi connectivity index (χ3n) is 2.92. The van der Waals surface area contributed by atoms with Crippen molar-refractivity contribution in [3.63, 3.8) is 0 Å². The molecule has 1 heterocycles. The maximum Gasteiger partial charge on any atom is 0.340 e. The van der Waals surface area contributed by atoms with E-state index in [2.05, 4.69) is 4.98 Å². The van der Waals surface area contributed by atoms with Crippen molar-refractivity contribution in [1.82, 2.24) is 4.98 Å². The topological polar surface area (TPSA) is 68.1 Å². The number of hydrogen-bond acceptors (Lipinski definition) is 3. The molecule has 2 rings (SSSR count). The lowest BCUT2D eigenvalue weighted by Crippen LogP contribution is -2.11. The standard InChI is InChI=1S/C15H18N2O2/c1-2-19-15(18)14-12(10-17-13(14)8-9-16)11-6-4-3-5-7-11/h3-7,10,17H,2,8-9,16H2,1H3. The summed E-state index contributed by atoms with van der Waals surface area (Å²) < 4.78 is 5.14. The van der Waals surface area contributed by atoms with Crippen LogP contribution < -0.4 is 5.73 Å². The van der Waals surface area contributed by atoms with Gasteiger partial charge in [-0.15, -0.1) is 0 Å². The predicted octanol–water partition coefficient (Wildman–Crippen LogP) is 2.36. The molecule has 4 heteroatoms. The monoisotopic (exact) mass is 258 g/mol. The predicted molar refractivity (Wildman–Crippen MR) is 74.9 cm³/mol. The minimum atomic E-state index is -0.300. The molecule has 0 spiro atoms. The van der Waals surface area contributed by atoms with Crippen LogP contribution in [0.4, 0.5) is 0 Å². The highest BCUT2D eigenvalue weighted by atomic mass is 16.5. The molecule has 0 atom stereocenters. The number of nitrogens with two attached hydrogens (primary N) is 1. The normalized spacial score (nSPS) is 10.4. The van der Waals surface area contributed by atoms with Gasteiger partial charge in [-0.1, -0.05) is 30.3 Å². The highest BCUT2D eigenvalue weighted by molar-refractivity contribution is 5.98. The van der Waals surface area contributed by atoms with E-state index in [0.717, 1.165) is 16.8 Å². The van der Waals surface area contributed by atoms with E-state index in [1.165, 1.54) is 0 Å². The fraction of sp³-hybridized carbons (Fsp3) is 0.267. The molecule has 0 aliphatic heterocycles. The van der Waals surface area contributed by atoms with Crippen LogP contribution in [0.2, 0.25) is 0 Å². The number of aromatic nitrogens is 1. The highest BCUT2D eigenvalue weighted by Gasteiger charge is 2.20. The number of carbonyl (C=O) groups is 1. The maximum atomic E-state index is 12.1. The molecule has 1 aromatic heterocycles. The summed E-state index contributed by atoms with van der Waals surface area (Å²) in [4.78, 5) is 15.2. The largest absolute Gasteiger partial charge is 0.462 e. The zero-order chi connectivity index (χ0) is 13.7. The van der Waals surface area contributed by atoms with Crippen LogP contribution >= 0.6 is 0 Å². The Labute approximate surface area is 112 Å². The first-order valence-corrected chi connectivity index (χ1v) is 6.40. The van der Waals surface area contributed by atoms with Crippen molar-refractivity contribution in [3.8, 4) is 11.1 Å². The van der Waals surface area contributed by atoms with Gasteiger partial charge in [0, 0.05) is 23.9 Å². The summed E-state index contributed by atoms with van der Waals surface area (Å²) in [5.41, 5.74) is 8.86. The highest BCUT2D eigenvalue weighted by Crippen LogP contribution is 2.27. The number of esters is 1. The summed E-state index contributed by atoms with van der Waals surface area (Å²) >= 11 is 0. The number of nitrogens with one attached hydrogen (secondary N) is 1. The molecule has 2 aromatic rings. The lowest BCUT2D eigenvalue weighted by molar-refractivity contribution is 0.0526. The third-order valence-corrected chi connectivity index (χ3v) is 2.92. The molecule has 0 saturated carbocycles. The van der Waals surface area contributed by atoms with Crippen LogP contribution in [0.1, 0.15) is 23.0 Å². The molecule has 0 saturated heterocycles. The van der Waals surface area contributed by atoms with E-state index < -0.39 is 0 Å². The first-order valence-electron chi connectivity index (χ1n) is 6.40. The first kappa shape index (κ1) is 13.4. The summed E-state index contributed by atoms with van der Waals surface area (Å²) in [7, 11) is 0. The first-order chi connectivity index (χ1) is 9.27. The molecule has 4 nitrogen and oxygen atoms in total.